The number of methoxy groups -OCH3 is 1. The standard InChI is InChI=1S/C18H22ClN3O2.2ClH/c1-11(2)22(3)13-7-5-6-12(8-13)21-18(23)14-9-15(19)16(20)10-17(14)24-4;;/h5-11H,20H2,1-4H3,(H,21,23);2*1H. The van der Waals surface area contributed by atoms with E-state index < -0.39 is 0 Å². The van der Waals surface area contributed by atoms with E-state index in [1.165, 1.54) is 13.2 Å². The lowest BCUT2D eigenvalue weighted by molar-refractivity contribution is 0.102. The lowest BCUT2D eigenvalue weighted by Crippen LogP contribution is -2.25. The van der Waals surface area contributed by atoms with Crippen molar-refractivity contribution in [1.29, 1.82) is 0 Å². The maximum absolute atomic E-state index is 12.6. The molecule has 0 radical (unpaired) electrons. The summed E-state index contributed by atoms with van der Waals surface area (Å²) in [4.78, 5) is 14.7. The van der Waals surface area contributed by atoms with Gasteiger partial charge in [-0.25, -0.2) is 0 Å². The lowest BCUT2D eigenvalue weighted by Gasteiger charge is -2.24. The Kier molecular flexibility index (Phi) is 9.63. The van der Waals surface area contributed by atoms with Crippen molar-refractivity contribution in [3.05, 3.63) is 47.0 Å². The third kappa shape index (κ3) is 5.59. The van der Waals surface area contributed by atoms with Crippen molar-refractivity contribution in [2.24, 2.45) is 0 Å². The fourth-order valence-electron chi connectivity index (χ4n) is 2.22. The molecule has 0 atom stereocenters. The maximum atomic E-state index is 12.6. The van der Waals surface area contributed by atoms with E-state index >= 15 is 0 Å². The van der Waals surface area contributed by atoms with Crippen LogP contribution >= 0.6 is 36.4 Å². The molecule has 0 aliphatic heterocycles. The molecule has 0 saturated carbocycles. The molecule has 0 bridgehead atoms. The first-order chi connectivity index (χ1) is 11.3. The Bertz CT molecular complexity index is 754. The number of anilines is 3. The Labute approximate surface area is 171 Å². The van der Waals surface area contributed by atoms with E-state index in [0.717, 1.165) is 5.69 Å². The predicted octanol–water partition coefficient (Wildman–Crippen LogP) is 4.87. The van der Waals surface area contributed by atoms with Crippen LogP contribution in [0.4, 0.5) is 17.1 Å². The predicted molar refractivity (Wildman–Crippen MR) is 115 cm³/mol. The average Bonchev–Trinajstić information content (AvgIpc) is 2.56. The molecule has 0 saturated heterocycles. The van der Waals surface area contributed by atoms with Gasteiger partial charge in [0.05, 0.1) is 23.4 Å². The van der Waals surface area contributed by atoms with Crippen LogP contribution in [0.2, 0.25) is 5.02 Å². The fourth-order valence-corrected chi connectivity index (χ4v) is 2.38. The van der Waals surface area contributed by atoms with E-state index in [9.17, 15) is 4.79 Å². The molecule has 5 nitrogen and oxygen atoms in total. The summed E-state index contributed by atoms with van der Waals surface area (Å²) in [6.07, 6.45) is 0. The van der Waals surface area contributed by atoms with Crippen molar-refractivity contribution >= 4 is 59.4 Å². The van der Waals surface area contributed by atoms with E-state index in [2.05, 4.69) is 24.1 Å². The topological polar surface area (TPSA) is 67.6 Å². The van der Waals surface area contributed by atoms with E-state index in [1.54, 1.807) is 6.07 Å². The number of carbonyl (C=O) groups is 1. The van der Waals surface area contributed by atoms with Crippen molar-refractivity contribution in [3.8, 4) is 5.75 Å². The van der Waals surface area contributed by atoms with Crippen molar-refractivity contribution in [1.82, 2.24) is 0 Å². The molecular formula is C18H24Cl3N3O2. The summed E-state index contributed by atoms with van der Waals surface area (Å²) < 4.78 is 5.23. The Morgan fingerprint density at radius 1 is 1.23 bits per heavy atom. The molecule has 26 heavy (non-hydrogen) atoms. The molecule has 0 fully saturated rings. The van der Waals surface area contributed by atoms with Crippen LogP contribution in [-0.2, 0) is 0 Å². The van der Waals surface area contributed by atoms with E-state index in [1.807, 2.05) is 31.3 Å². The van der Waals surface area contributed by atoms with Gasteiger partial charge in [-0.05, 0) is 38.1 Å². The summed E-state index contributed by atoms with van der Waals surface area (Å²) in [5, 5.41) is 3.18. The lowest BCUT2D eigenvalue weighted by atomic mass is 10.1. The number of nitrogen functional groups attached to an aromatic ring is 1. The molecule has 144 valence electrons. The maximum Gasteiger partial charge on any atom is 0.259 e. The van der Waals surface area contributed by atoms with Crippen LogP contribution in [0.15, 0.2) is 36.4 Å². The number of nitrogens with zero attached hydrogens (tertiary/aromatic N) is 1. The van der Waals surface area contributed by atoms with Gasteiger partial charge in [-0.15, -0.1) is 24.8 Å². The first kappa shape index (κ1) is 24.2. The van der Waals surface area contributed by atoms with Gasteiger partial charge in [0.2, 0.25) is 0 Å². The molecule has 1 amide bonds. The van der Waals surface area contributed by atoms with E-state index in [-0.39, 0.29) is 30.7 Å². The molecule has 0 aliphatic carbocycles. The van der Waals surface area contributed by atoms with Crippen LogP contribution < -0.4 is 20.7 Å². The highest BCUT2D eigenvalue weighted by Crippen LogP contribution is 2.29. The number of ether oxygens (including phenoxy) is 1. The van der Waals surface area contributed by atoms with Gasteiger partial charge in [-0.2, -0.15) is 0 Å². The van der Waals surface area contributed by atoms with Crippen molar-refractivity contribution < 1.29 is 9.53 Å². The number of nitrogens with one attached hydrogen (secondary N) is 1. The van der Waals surface area contributed by atoms with E-state index in [4.69, 9.17) is 22.1 Å². The summed E-state index contributed by atoms with van der Waals surface area (Å²) in [5.41, 5.74) is 8.16. The second-order valence-corrected chi connectivity index (χ2v) is 6.19. The Balaban J connectivity index is 0.00000312. The molecule has 0 unspecified atom stereocenters. The van der Waals surface area contributed by atoms with Gasteiger partial charge >= 0.3 is 0 Å². The third-order valence-electron chi connectivity index (χ3n) is 3.85. The van der Waals surface area contributed by atoms with Crippen molar-refractivity contribution in [2.45, 2.75) is 19.9 Å². The first-order valence-corrected chi connectivity index (χ1v) is 7.98. The summed E-state index contributed by atoms with van der Waals surface area (Å²) in [5.74, 6) is 0.0722. The molecule has 0 spiro atoms. The number of amides is 1. The number of carbonyl (C=O) groups excluding carboxylic acids is 1. The van der Waals surface area contributed by atoms with Crippen LogP contribution in [0.5, 0.6) is 5.75 Å². The number of rotatable bonds is 5. The number of halogens is 3. The van der Waals surface area contributed by atoms with Crippen LogP contribution in [0.1, 0.15) is 24.2 Å². The molecule has 2 rings (SSSR count). The van der Waals surface area contributed by atoms with Crippen LogP contribution in [0.25, 0.3) is 0 Å². The van der Waals surface area contributed by atoms with Crippen molar-refractivity contribution in [2.75, 3.05) is 30.1 Å². The first-order valence-electron chi connectivity index (χ1n) is 7.60. The number of nitrogens with two attached hydrogens (primary N) is 1. The third-order valence-corrected chi connectivity index (χ3v) is 4.18. The second-order valence-electron chi connectivity index (χ2n) is 5.78. The van der Waals surface area contributed by atoms with Gasteiger partial charge in [-0.1, -0.05) is 17.7 Å². The largest absolute Gasteiger partial charge is 0.496 e. The van der Waals surface area contributed by atoms with Crippen LogP contribution in [-0.4, -0.2) is 26.1 Å². The van der Waals surface area contributed by atoms with Crippen molar-refractivity contribution in [3.63, 3.8) is 0 Å². The van der Waals surface area contributed by atoms with Gasteiger partial charge in [0, 0.05) is 30.5 Å². The number of benzene rings is 2. The highest BCUT2D eigenvalue weighted by molar-refractivity contribution is 6.33. The SMILES string of the molecule is COc1cc(N)c(Cl)cc1C(=O)Nc1cccc(N(C)C(C)C)c1.Cl.Cl. The minimum Gasteiger partial charge on any atom is -0.496 e. The second kappa shape index (κ2) is 10.4. The Hall–Kier alpha value is -1.82. The highest BCUT2D eigenvalue weighted by Gasteiger charge is 2.16. The van der Waals surface area contributed by atoms with Crippen LogP contribution in [0, 0.1) is 0 Å². The molecule has 8 heteroatoms. The monoisotopic (exact) mass is 419 g/mol. The van der Waals surface area contributed by atoms with Crippen LogP contribution in [0.3, 0.4) is 0 Å². The normalized spacial score (nSPS) is 9.77. The minimum atomic E-state index is -0.307. The Morgan fingerprint density at radius 2 is 1.88 bits per heavy atom. The zero-order valence-electron chi connectivity index (χ0n) is 15.1. The molecule has 0 heterocycles. The summed E-state index contributed by atoms with van der Waals surface area (Å²) in [6.45, 7) is 4.21. The summed E-state index contributed by atoms with van der Waals surface area (Å²) in [6, 6.07) is 11.1. The average molecular weight is 421 g/mol. The van der Waals surface area contributed by atoms with Gasteiger partial charge in [-0.3, -0.25) is 4.79 Å². The fraction of sp³-hybridized carbons (Fsp3) is 0.278. The molecule has 2 aromatic carbocycles. The van der Waals surface area contributed by atoms with E-state index in [0.29, 0.717) is 33.8 Å². The molecular weight excluding hydrogens is 397 g/mol. The minimum absolute atomic E-state index is 0. The quantitative estimate of drug-likeness (QED) is 0.677. The molecule has 3 N–H and O–H groups in total. The summed E-state index contributed by atoms with van der Waals surface area (Å²) >= 11 is 6.02. The van der Waals surface area contributed by atoms with Gasteiger partial charge < -0.3 is 20.7 Å². The smallest absolute Gasteiger partial charge is 0.259 e. The van der Waals surface area contributed by atoms with Gasteiger partial charge in [0.15, 0.2) is 0 Å². The zero-order valence-corrected chi connectivity index (χ0v) is 17.5. The molecule has 0 aromatic heterocycles. The van der Waals surface area contributed by atoms with Gasteiger partial charge in [0.25, 0.3) is 5.91 Å². The number of hydrogen-bond acceptors (Lipinski definition) is 4. The molecule has 0 aliphatic rings. The highest BCUT2D eigenvalue weighted by atomic mass is 35.5. The summed E-state index contributed by atoms with van der Waals surface area (Å²) in [7, 11) is 3.49. The zero-order chi connectivity index (χ0) is 17.9. The molecule has 2 aromatic rings. The Morgan fingerprint density at radius 3 is 2.46 bits per heavy atom. The number of hydrogen-bond donors (Lipinski definition) is 2. The van der Waals surface area contributed by atoms with Gasteiger partial charge in [0.1, 0.15) is 5.75 Å².